The average molecular weight is 262 g/mol. The molecule has 5 nitrogen and oxygen atoms in total. The highest BCUT2D eigenvalue weighted by Crippen LogP contribution is 2.19. The normalized spacial score (nSPS) is 13.0. The molecule has 0 aliphatic carbocycles. The highest BCUT2D eigenvalue weighted by Gasteiger charge is 2.33. The third-order valence-electron chi connectivity index (χ3n) is 2.36. The van der Waals surface area contributed by atoms with Crippen LogP contribution in [0.25, 0.3) is 0 Å². The minimum atomic E-state index is -1.01. The Hall–Kier alpha value is -0.910. The van der Waals surface area contributed by atoms with Gasteiger partial charge in [0, 0.05) is 19.3 Å². The summed E-state index contributed by atoms with van der Waals surface area (Å²) in [5, 5.41) is 11.6. The highest BCUT2D eigenvalue weighted by atomic mass is 32.2. The SMILES string of the molecule is CSCCN(C)C(=O)N[C@@H](C(=O)O)C(C)(C)C. The van der Waals surface area contributed by atoms with Gasteiger partial charge in [0.1, 0.15) is 6.04 Å². The molecule has 0 aliphatic heterocycles. The largest absolute Gasteiger partial charge is 0.480 e. The van der Waals surface area contributed by atoms with Crippen molar-refractivity contribution in [2.24, 2.45) is 5.41 Å². The van der Waals surface area contributed by atoms with Crippen LogP contribution in [-0.2, 0) is 4.79 Å². The third-order valence-corrected chi connectivity index (χ3v) is 2.95. The van der Waals surface area contributed by atoms with Crippen molar-refractivity contribution >= 4 is 23.8 Å². The summed E-state index contributed by atoms with van der Waals surface area (Å²) in [7, 11) is 1.66. The first-order valence-electron chi connectivity index (χ1n) is 5.43. The van der Waals surface area contributed by atoms with Crippen molar-refractivity contribution in [2.75, 3.05) is 25.6 Å². The maximum Gasteiger partial charge on any atom is 0.326 e. The molecular formula is C11H22N2O3S. The van der Waals surface area contributed by atoms with E-state index >= 15 is 0 Å². The lowest BCUT2D eigenvalue weighted by atomic mass is 9.87. The van der Waals surface area contributed by atoms with Gasteiger partial charge in [-0.1, -0.05) is 20.8 Å². The first-order valence-corrected chi connectivity index (χ1v) is 6.83. The number of carboxylic acids is 1. The zero-order valence-electron chi connectivity index (χ0n) is 11.1. The van der Waals surface area contributed by atoms with E-state index in [4.69, 9.17) is 5.11 Å². The number of rotatable bonds is 5. The molecule has 0 radical (unpaired) electrons. The van der Waals surface area contributed by atoms with Crippen LogP contribution in [0.3, 0.4) is 0 Å². The lowest BCUT2D eigenvalue weighted by molar-refractivity contribution is -0.142. The minimum absolute atomic E-state index is 0.346. The Morgan fingerprint density at radius 1 is 1.41 bits per heavy atom. The molecule has 2 N–H and O–H groups in total. The number of urea groups is 1. The van der Waals surface area contributed by atoms with Crippen LogP contribution >= 0.6 is 11.8 Å². The Balaban J connectivity index is 4.47. The van der Waals surface area contributed by atoms with Crippen molar-refractivity contribution in [3.05, 3.63) is 0 Å². The summed E-state index contributed by atoms with van der Waals surface area (Å²) < 4.78 is 0. The molecule has 0 fully saturated rings. The van der Waals surface area contributed by atoms with Crippen LogP contribution in [0.5, 0.6) is 0 Å². The van der Waals surface area contributed by atoms with Crippen LogP contribution in [0.2, 0.25) is 0 Å². The van der Waals surface area contributed by atoms with Crippen molar-refractivity contribution in [2.45, 2.75) is 26.8 Å². The minimum Gasteiger partial charge on any atom is -0.480 e. The first-order chi connectivity index (χ1) is 7.70. The summed E-state index contributed by atoms with van der Waals surface area (Å²) in [6.07, 6.45) is 1.96. The molecule has 0 rings (SSSR count). The number of hydrogen-bond acceptors (Lipinski definition) is 3. The second-order valence-electron chi connectivity index (χ2n) is 5.00. The standard InChI is InChI=1S/C11H22N2O3S/c1-11(2,3)8(9(14)15)12-10(16)13(4)6-7-17-5/h8H,6-7H2,1-5H3,(H,12,16)(H,14,15)/t8-/m0/s1. The lowest BCUT2D eigenvalue weighted by Crippen LogP contribution is -2.52. The van der Waals surface area contributed by atoms with E-state index in [2.05, 4.69) is 5.32 Å². The van der Waals surface area contributed by atoms with E-state index in [1.54, 1.807) is 39.6 Å². The van der Waals surface area contributed by atoms with Gasteiger partial charge < -0.3 is 15.3 Å². The summed E-state index contributed by atoms with van der Waals surface area (Å²) in [6, 6.07) is -1.23. The van der Waals surface area contributed by atoms with Crippen molar-refractivity contribution in [1.82, 2.24) is 10.2 Å². The smallest absolute Gasteiger partial charge is 0.326 e. The molecule has 100 valence electrons. The Labute approximate surface area is 107 Å². The number of carboxylic acid groups (broad SMARTS) is 1. The Bertz CT molecular complexity index is 276. The van der Waals surface area contributed by atoms with Crippen molar-refractivity contribution < 1.29 is 14.7 Å². The molecule has 2 amide bonds. The van der Waals surface area contributed by atoms with Gasteiger partial charge in [0.05, 0.1) is 0 Å². The van der Waals surface area contributed by atoms with Gasteiger partial charge in [-0.3, -0.25) is 0 Å². The van der Waals surface area contributed by atoms with Crippen molar-refractivity contribution in [1.29, 1.82) is 0 Å². The van der Waals surface area contributed by atoms with Gasteiger partial charge in [-0.25, -0.2) is 9.59 Å². The van der Waals surface area contributed by atoms with Crippen LogP contribution in [0.15, 0.2) is 0 Å². The number of aliphatic carboxylic acids is 1. The maximum atomic E-state index is 11.8. The van der Waals surface area contributed by atoms with E-state index in [9.17, 15) is 9.59 Å². The molecule has 1 atom stereocenters. The second kappa shape index (κ2) is 6.74. The van der Waals surface area contributed by atoms with Crippen LogP contribution < -0.4 is 5.32 Å². The molecule has 0 heterocycles. The summed E-state index contributed by atoms with van der Waals surface area (Å²) in [5.41, 5.74) is -0.512. The molecule has 6 heteroatoms. The third kappa shape index (κ3) is 5.81. The van der Waals surface area contributed by atoms with Crippen LogP contribution in [0, 0.1) is 5.41 Å². The highest BCUT2D eigenvalue weighted by molar-refractivity contribution is 7.98. The van der Waals surface area contributed by atoms with Crippen molar-refractivity contribution in [3.63, 3.8) is 0 Å². The fourth-order valence-corrected chi connectivity index (χ4v) is 1.67. The Kier molecular flexibility index (Phi) is 6.37. The number of amides is 2. The molecule has 17 heavy (non-hydrogen) atoms. The van der Waals surface area contributed by atoms with E-state index in [0.29, 0.717) is 6.54 Å². The number of carbonyl (C=O) groups excluding carboxylic acids is 1. The summed E-state index contributed by atoms with van der Waals surface area (Å²) in [5.74, 6) is -0.180. The Morgan fingerprint density at radius 2 is 1.94 bits per heavy atom. The predicted molar refractivity (Wildman–Crippen MR) is 70.4 cm³/mol. The first kappa shape index (κ1) is 16.1. The molecule has 0 unspecified atom stereocenters. The Morgan fingerprint density at radius 3 is 2.29 bits per heavy atom. The van der Waals surface area contributed by atoms with Gasteiger partial charge in [0.15, 0.2) is 0 Å². The maximum absolute atomic E-state index is 11.8. The molecule has 0 aliphatic rings. The summed E-state index contributed by atoms with van der Waals surface area (Å²) in [4.78, 5) is 24.3. The molecular weight excluding hydrogens is 240 g/mol. The number of thioether (sulfide) groups is 1. The van der Waals surface area contributed by atoms with E-state index in [1.807, 2.05) is 6.26 Å². The van der Waals surface area contributed by atoms with Crippen LogP contribution in [-0.4, -0.2) is 53.6 Å². The predicted octanol–water partition coefficient (Wildman–Crippen LogP) is 1.49. The molecule has 0 aromatic carbocycles. The van der Waals surface area contributed by atoms with Crippen LogP contribution in [0.4, 0.5) is 4.79 Å². The molecule has 0 saturated heterocycles. The molecule has 0 saturated carbocycles. The van der Waals surface area contributed by atoms with Gasteiger partial charge in [-0.2, -0.15) is 11.8 Å². The molecule has 0 bridgehead atoms. The summed E-state index contributed by atoms with van der Waals surface area (Å²) >= 11 is 1.64. The molecule has 0 spiro atoms. The summed E-state index contributed by atoms with van der Waals surface area (Å²) in [6.45, 7) is 5.96. The van der Waals surface area contributed by atoms with Crippen LogP contribution in [0.1, 0.15) is 20.8 Å². The van der Waals surface area contributed by atoms with Gasteiger partial charge in [0.25, 0.3) is 0 Å². The zero-order chi connectivity index (χ0) is 13.6. The number of nitrogens with one attached hydrogen (secondary N) is 1. The van der Waals surface area contributed by atoms with E-state index < -0.39 is 17.4 Å². The van der Waals surface area contributed by atoms with Crippen molar-refractivity contribution in [3.8, 4) is 0 Å². The van der Waals surface area contributed by atoms with Gasteiger partial charge in [0.2, 0.25) is 0 Å². The zero-order valence-corrected chi connectivity index (χ0v) is 11.9. The topological polar surface area (TPSA) is 69.6 Å². The fourth-order valence-electron chi connectivity index (χ4n) is 1.21. The quantitative estimate of drug-likeness (QED) is 0.787. The number of hydrogen-bond donors (Lipinski definition) is 2. The lowest BCUT2D eigenvalue weighted by Gasteiger charge is -2.29. The van der Waals surface area contributed by atoms with Gasteiger partial charge >= 0.3 is 12.0 Å². The van der Waals surface area contributed by atoms with E-state index in [0.717, 1.165) is 5.75 Å². The van der Waals surface area contributed by atoms with Gasteiger partial charge in [-0.15, -0.1) is 0 Å². The number of nitrogens with zero attached hydrogens (tertiary/aromatic N) is 1. The van der Waals surface area contributed by atoms with Gasteiger partial charge in [-0.05, 0) is 11.7 Å². The molecule has 0 aromatic heterocycles. The van der Waals surface area contributed by atoms with E-state index in [-0.39, 0.29) is 6.03 Å². The second-order valence-corrected chi connectivity index (χ2v) is 5.99. The average Bonchev–Trinajstić information content (AvgIpc) is 2.19. The fraction of sp³-hybridized carbons (Fsp3) is 0.818. The monoisotopic (exact) mass is 262 g/mol. The van der Waals surface area contributed by atoms with E-state index in [1.165, 1.54) is 4.90 Å². The molecule has 0 aromatic rings. The number of carbonyl (C=O) groups is 2.